The molecule has 2 aromatic rings. The van der Waals surface area contributed by atoms with E-state index >= 15 is 0 Å². The second-order valence-electron chi connectivity index (χ2n) is 7.64. The number of aryl methyl sites for hydroxylation is 2. The first-order valence-electron chi connectivity index (χ1n) is 9.65. The van der Waals surface area contributed by atoms with Crippen LogP contribution in [0.1, 0.15) is 54.6 Å². The van der Waals surface area contributed by atoms with Gasteiger partial charge in [0.2, 0.25) is 5.91 Å². The van der Waals surface area contributed by atoms with Gasteiger partial charge in [0.15, 0.2) is 5.78 Å². The molecule has 0 unspecified atom stereocenters. The number of amides is 1. The molecule has 1 aliphatic heterocycles. The highest BCUT2D eigenvalue weighted by Gasteiger charge is 2.23. The molecule has 142 valence electrons. The standard InChI is InChI=1S/C23H26FNO2/c1-16(2)14-23(27)25-13-3-4-19-15-17(5-11-21(19)25)6-12-22(26)18-7-9-20(24)10-8-18/h5,7-11,15-16H,3-4,6,12-14H2,1-2H3. The van der Waals surface area contributed by atoms with E-state index in [1.165, 1.54) is 29.8 Å². The fourth-order valence-electron chi connectivity index (χ4n) is 3.56. The maximum Gasteiger partial charge on any atom is 0.227 e. The quantitative estimate of drug-likeness (QED) is 0.676. The van der Waals surface area contributed by atoms with E-state index in [9.17, 15) is 14.0 Å². The molecule has 1 aliphatic rings. The zero-order chi connectivity index (χ0) is 19.4. The number of nitrogens with zero attached hydrogens (tertiary/aromatic N) is 1. The van der Waals surface area contributed by atoms with Gasteiger partial charge < -0.3 is 4.90 Å². The smallest absolute Gasteiger partial charge is 0.227 e. The van der Waals surface area contributed by atoms with E-state index < -0.39 is 0 Å². The molecule has 0 aromatic heterocycles. The lowest BCUT2D eigenvalue weighted by Gasteiger charge is -2.30. The third kappa shape index (κ3) is 4.82. The highest BCUT2D eigenvalue weighted by Crippen LogP contribution is 2.29. The Bertz CT molecular complexity index is 827. The summed E-state index contributed by atoms with van der Waals surface area (Å²) in [6, 6.07) is 11.8. The first-order chi connectivity index (χ1) is 12.9. The van der Waals surface area contributed by atoms with Crippen LogP contribution in [-0.2, 0) is 17.6 Å². The molecule has 0 spiro atoms. The number of rotatable bonds is 6. The minimum Gasteiger partial charge on any atom is -0.312 e. The average Bonchev–Trinajstić information content (AvgIpc) is 2.65. The number of ketones is 1. The summed E-state index contributed by atoms with van der Waals surface area (Å²) in [7, 11) is 0. The van der Waals surface area contributed by atoms with Gasteiger partial charge in [-0.05, 0) is 66.6 Å². The zero-order valence-corrected chi connectivity index (χ0v) is 16.0. The third-order valence-electron chi connectivity index (χ3n) is 4.95. The van der Waals surface area contributed by atoms with Gasteiger partial charge in [0, 0.05) is 30.6 Å². The molecule has 0 N–H and O–H groups in total. The molecule has 1 amide bonds. The lowest BCUT2D eigenvalue weighted by atomic mass is 9.95. The normalized spacial score (nSPS) is 13.6. The number of anilines is 1. The van der Waals surface area contributed by atoms with Gasteiger partial charge in [-0.2, -0.15) is 0 Å². The molecular formula is C23H26FNO2. The highest BCUT2D eigenvalue weighted by molar-refractivity contribution is 5.96. The summed E-state index contributed by atoms with van der Waals surface area (Å²) in [6.45, 7) is 4.90. The highest BCUT2D eigenvalue weighted by atomic mass is 19.1. The second-order valence-corrected chi connectivity index (χ2v) is 7.64. The molecule has 0 bridgehead atoms. The van der Waals surface area contributed by atoms with Crippen molar-refractivity contribution in [2.75, 3.05) is 11.4 Å². The second kappa shape index (κ2) is 8.47. The van der Waals surface area contributed by atoms with Gasteiger partial charge in [-0.3, -0.25) is 9.59 Å². The molecule has 0 radical (unpaired) electrons. The summed E-state index contributed by atoms with van der Waals surface area (Å²) >= 11 is 0. The Morgan fingerprint density at radius 3 is 2.56 bits per heavy atom. The van der Waals surface area contributed by atoms with Crippen molar-refractivity contribution in [1.29, 1.82) is 0 Å². The van der Waals surface area contributed by atoms with Crippen molar-refractivity contribution in [2.45, 2.75) is 46.0 Å². The van der Waals surface area contributed by atoms with E-state index in [4.69, 9.17) is 0 Å². The van der Waals surface area contributed by atoms with Gasteiger partial charge in [0.25, 0.3) is 0 Å². The van der Waals surface area contributed by atoms with Gasteiger partial charge in [-0.1, -0.05) is 26.0 Å². The largest absolute Gasteiger partial charge is 0.312 e. The Morgan fingerprint density at radius 2 is 1.85 bits per heavy atom. The van der Waals surface area contributed by atoms with Crippen LogP contribution in [0.3, 0.4) is 0 Å². The zero-order valence-electron chi connectivity index (χ0n) is 16.0. The minimum atomic E-state index is -0.335. The van der Waals surface area contributed by atoms with Crippen molar-refractivity contribution in [3.8, 4) is 0 Å². The molecule has 0 saturated heterocycles. The monoisotopic (exact) mass is 367 g/mol. The topological polar surface area (TPSA) is 37.4 Å². The Morgan fingerprint density at radius 1 is 1.11 bits per heavy atom. The van der Waals surface area contributed by atoms with E-state index in [0.717, 1.165) is 30.6 Å². The summed E-state index contributed by atoms with van der Waals surface area (Å²) < 4.78 is 13.0. The van der Waals surface area contributed by atoms with E-state index in [1.54, 1.807) is 0 Å². The fraction of sp³-hybridized carbons (Fsp3) is 0.391. The number of carbonyl (C=O) groups is 2. The van der Waals surface area contributed by atoms with Gasteiger partial charge in [0.05, 0.1) is 0 Å². The Hall–Kier alpha value is -2.49. The maximum atomic E-state index is 13.0. The Kier molecular flexibility index (Phi) is 6.04. The molecule has 0 atom stereocenters. The molecule has 0 fully saturated rings. The number of hydrogen-bond donors (Lipinski definition) is 0. The number of fused-ring (bicyclic) bond motifs is 1. The van der Waals surface area contributed by atoms with Crippen molar-refractivity contribution in [3.05, 3.63) is 65.0 Å². The van der Waals surface area contributed by atoms with Crippen LogP contribution in [0.15, 0.2) is 42.5 Å². The van der Waals surface area contributed by atoms with Crippen molar-refractivity contribution in [2.24, 2.45) is 5.92 Å². The molecule has 3 nitrogen and oxygen atoms in total. The number of hydrogen-bond acceptors (Lipinski definition) is 2. The van der Waals surface area contributed by atoms with Gasteiger partial charge in [-0.15, -0.1) is 0 Å². The Labute approximate surface area is 160 Å². The molecule has 2 aromatic carbocycles. The van der Waals surface area contributed by atoms with Crippen molar-refractivity contribution in [3.63, 3.8) is 0 Å². The molecule has 4 heteroatoms. The van der Waals surface area contributed by atoms with E-state index in [0.29, 0.717) is 30.7 Å². The van der Waals surface area contributed by atoms with E-state index in [-0.39, 0.29) is 17.5 Å². The van der Waals surface area contributed by atoms with Gasteiger partial charge in [0.1, 0.15) is 5.82 Å². The average molecular weight is 367 g/mol. The van der Waals surface area contributed by atoms with Crippen molar-refractivity contribution >= 4 is 17.4 Å². The van der Waals surface area contributed by atoms with Crippen LogP contribution in [0, 0.1) is 11.7 Å². The molecule has 0 saturated carbocycles. The number of benzene rings is 2. The fourth-order valence-corrected chi connectivity index (χ4v) is 3.56. The molecular weight excluding hydrogens is 341 g/mol. The molecule has 1 heterocycles. The molecule has 27 heavy (non-hydrogen) atoms. The SMILES string of the molecule is CC(C)CC(=O)N1CCCc2cc(CCC(=O)c3ccc(F)cc3)ccc21. The summed E-state index contributed by atoms with van der Waals surface area (Å²) in [5, 5.41) is 0. The lowest BCUT2D eigenvalue weighted by molar-refractivity contribution is -0.119. The van der Waals surface area contributed by atoms with Crippen LogP contribution < -0.4 is 4.90 Å². The summed E-state index contributed by atoms with van der Waals surface area (Å²) in [5.41, 5.74) is 3.84. The van der Waals surface area contributed by atoms with Crippen LogP contribution in [0.5, 0.6) is 0 Å². The van der Waals surface area contributed by atoms with Crippen LogP contribution in [-0.4, -0.2) is 18.2 Å². The Balaban J connectivity index is 1.67. The predicted molar refractivity (Wildman–Crippen MR) is 106 cm³/mol. The maximum absolute atomic E-state index is 13.0. The van der Waals surface area contributed by atoms with E-state index in [2.05, 4.69) is 19.9 Å². The van der Waals surface area contributed by atoms with Crippen molar-refractivity contribution < 1.29 is 14.0 Å². The first kappa shape index (κ1) is 19.3. The van der Waals surface area contributed by atoms with Crippen LogP contribution in [0.4, 0.5) is 10.1 Å². The van der Waals surface area contributed by atoms with Gasteiger partial charge >= 0.3 is 0 Å². The number of carbonyl (C=O) groups excluding carboxylic acids is 2. The lowest BCUT2D eigenvalue weighted by Crippen LogP contribution is -2.36. The van der Waals surface area contributed by atoms with Crippen molar-refractivity contribution in [1.82, 2.24) is 0 Å². The van der Waals surface area contributed by atoms with Crippen LogP contribution in [0.25, 0.3) is 0 Å². The summed E-state index contributed by atoms with van der Waals surface area (Å²) in [4.78, 5) is 26.7. The first-order valence-corrected chi connectivity index (χ1v) is 9.65. The third-order valence-corrected chi connectivity index (χ3v) is 4.95. The van der Waals surface area contributed by atoms with E-state index in [1.807, 2.05) is 17.0 Å². The minimum absolute atomic E-state index is 0.0152. The molecule has 0 aliphatic carbocycles. The summed E-state index contributed by atoms with van der Waals surface area (Å²) in [6.07, 6.45) is 3.52. The number of Topliss-reactive ketones (excluding diaryl/α,β-unsaturated/α-hetero) is 1. The van der Waals surface area contributed by atoms with Gasteiger partial charge in [-0.25, -0.2) is 4.39 Å². The summed E-state index contributed by atoms with van der Waals surface area (Å²) in [5.74, 6) is 0.212. The predicted octanol–water partition coefficient (Wildman–Crippen LogP) is 4.97. The number of halogens is 1. The van der Waals surface area contributed by atoms with Crippen LogP contribution in [0.2, 0.25) is 0 Å². The molecule has 3 rings (SSSR count). The van der Waals surface area contributed by atoms with Crippen LogP contribution >= 0.6 is 0 Å².